The molecule has 2 aliphatic heterocycles. The molecule has 0 spiro atoms. The number of rotatable bonds is 4. The first kappa shape index (κ1) is 22.7. The number of nitro groups is 1. The van der Waals surface area contributed by atoms with E-state index in [0.717, 1.165) is 17.7 Å². The Labute approximate surface area is 187 Å². The van der Waals surface area contributed by atoms with E-state index in [4.69, 9.17) is 0 Å². The standard InChI is InChI=1S/C22H21F3N4O4/c1-14-2-5-16(6-3-14)28-20(30)13-19(21(28)31)27-10-8-26(9-11-27)17-7-4-15(22(23,24)25)12-18(17)29(32)33/h2-7,12,19H,8-11,13H2,1H3/t19-/m0/s1. The van der Waals surface area contributed by atoms with Gasteiger partial charge in [0.1, 0.15) is 5.69 Å². The summed E-state index contributed by atoms with van der Waals surface area (Å²) in [5.74, 6) is -0.618. The maximum atomic E-state index is 13.0. The van der Waals surface area contributed by atoms with Crippen molar-refractivity contribution in [1.29, 1.82) is 0 Å². The highest BCUT2D eigenvalue weighted by molar-refractivity contribution is 6.22. The van der Waals surface area contributed by atoms with Gasteiger partial charge < -0.3 is 4.90 Å². The Morgan fingerprint density at radius 2 is 1.64 bits per heavy atom. The highest BCUT2D eigenvalue weighted by Crippen LogP contribution is 2.37. The molecule has 33 heavy (non-hydrogen) atoms. The molecule has 0 N–H and O–H groups in total. The number of hydrogen-bond donors (Lipinski definition) is 0. The van der Waals surface area contributed by atoms with Crippen LogP contribution in [0.4, 0.5) is 30.2 Å². The molecule has 0 saturated carbocycles. The SMILES string of the molecule is Cc1ccc(N2C(=O)C[C@H](N3CCN(c4ccc(C(F)(F)F)cc4[N+](=O)[O-])CC3)C2=O)cc1. The molecule has 0 aliphatic carbocycles. The molecule has 2 fully saturated rings. The van der Waals surface area contributed by atoms with Crippen LogP contribution in [0.3, 0.4) is 0 Å². The van der Waals surface area contributed by atoms with E-state index in [0.29, 0.717) is 24.8 Å². The second-order valence-corrected chi connectivity index (χ2v) is 8.10. The molecule has 0 aromatic heterocycles. The zero-order chi connectivity index (χ0) is 23.9. The summed E-state index contributed by atoms with van der Waals surface area (Å²) in [5.41, 5.74) is -0.0819. The molecule has 2 aromatic rings. The van der Waals surface area contributed by atoms with Crippen LogP contribution in [0.1, 0.15) is 17.5 Å². The number of amides is 2. The quantitative estimate of drug-likeness (QED) is 0.393. The average Bonchev–Trinajstić information content (AvgIpc) is 3.07. The highest BCUT2D eigenvalue weighted by Gasteiger charge is 2.43. The molecule has 0 radical (unpaired) electrons. The van der Waals surface area contributed by atoms with E-state index in [9.17, 15) is 32.9 Å². The zero-order valence-corrected chi connectivity index (χ0v) is 17.7. The Kier molecular flexibility index (Phi) is 5.83. The van der Waals surface area contributed by atoms with Crippen molar-refractivity contribution >= 4 is 28.9 Å². The van der Waals surface area contributed by atoms with Crippen molar-refractivity contribution in [2.75, 3.05) is 36.0 Å². The number of alkyl halides is 3. The number of aryl methyl sites for hydroxylation is 1. The Bertz CT molecular complexity index is 1100. The van der Waals surface area contributed by atoms with Crippen LogP contribution >= 0.6 is 0 Å². The summed E-state index contributed by atoms with van der Waals surface area (Å²) in [5, 5.41) is 11.4. The summed E-state index contributed by atoms with van der Waals surface area (Å²) in [6, 6.07) is 8.92. The molecule has 2 aromatic carbocycles. The van der Waals surface area contributed by atoms with Crippen molar-refractivity contribution in [2.24, 2.45) is 0 Å². The van der Waals surface area contributed by atoms with Gasteiger partial charge in [0.25, 0.3) is 11.6 Å². The third kappa shape index (κ3) is 4.40. The Morgan fingerprint density at radius 3 is 2.21 bits per heavy atom. The summed E-state index contributed by atoms with van der Waals surface area (Å²) in [6.45, 7) is 3.12. The maximum Gasteiger partial charge on any atom is 0.416 e. The first-order valence-corrected chi connectivity index (χ1v) is 10.3. The van der Waals surface area contributed by atoms with Crippen LogP contribution in [0, 0.1) is 17.0 Å². The minimum Gasteiger partial charge on any atom is -0.363 e. The van der Waals surface area contributed by atoms with Gasteiger partial charge in [-0.2, -0.15) is 13.2 Å². The molecule has 2 heterocycles. The van der Waals surface area contributed by atoms with Crippen LogP contribution in [0.5, 0.6) is 0 Å². The van der Waals surface area contributed by atoms with Crippen molar-refractivity contribution in [3.05, 3.63) is 63.7 Å². The average molecular weight is 462 g/mol. The normalized spacial score (nSPS) is 19.9. The van der Waals surface area contributed by atoms with Gasteiger partial charge in [-0.05, 0) is 31.2 Å². The highest BCUT2D eigenvalue weighted by atomic mass is 19.4. The number of nitrogens with zero attached hydrogens (tertiary/aromatic N) is 4. The monoisotopic (exact) mass is 462 g/mol. The number of nitro benzene ring substituents is 1. The first-order valence-electron chi connectivity index (χ1n) is 10.3. The fraction of sp³-hybridized carbons (Fsp3) is 0.364. The summed E-state index contributed by atoms with van der Waals surface area (Å²) in [4.78, 5) is 40.8. The molecule has 2 saturated heterocycles. The lowest BCUT2D eigenvalue weighted by molar-refractivity contribution is -0.384. The van der Waals surface area contributed by atoms with Gasteiger partial charge in [0.05, 0.1) is 28.6 Å². The number of benzene rings is 2. The van der Waals surface area contributed by atoms with E-state index >= 15 is 0 Å². The van der Waals surface area contributed by atoms with E-state index in [2.05, 4.69) is 0 Å². The number of carbonyl (C=O) groups is 2. The Hall–Kier alpha value is -3.47. The maximum absolute atomic E-state index is 13.0. The number of anilines is 2. The van der Waals surface area contributed by atoms with E-state index < -0.39 is 28.4 Å². The van der Waals surface area contributed by atoms with Gasteiger partial charge in [0, 0.05) is 32.2 Å². The minimum atomic E-state index is -4.68. The fourth-order valence-corrected chi connectivity index (χ4v) is 4.25. The molecular formula is C22H21F3N4O4. The summed E-state index contributed by atoms with van der Waals surface area (Å²) in [7, 11) is 0. The lowest BCUT2D eigenvalue weighted by Gasteiger charge is -2.37. The van der Waals surface area contributed by atoms with Crippen LogP contribution in [0.15, 0.2) is 42.5 Å². The number of hydrogen-bond acceptors (Lipinski definition) is 6. The first-order chi connectivity index (χ1) is 15.6. The Balaban J connectivity index is 1.47. The van der Waals surface area contributed by atoms with Gasteiger partial charge in [-0.25, -0.2) is 4.90 Å². The van der Waals surface area contributed by atoms with Gasteiger partial charge in [-0.3, -0.25) is 24.6 Å². The topological polar surface area (TPSA) is 87.0 Å². The van der Waals surface area contributed by atoms with Gasteiger partial charge in [0.15, 0.2) is 0 Å². The minimum absolute atomic E-state index is 0.0349. The van der Waals surface area contributed by atoms with Crippen molar-refractivity contribution in [1.82, 2.24) is 4.90 Å². The van der Waals surface area contributed by atoms with Gasteiger partial charge in [-0.1, -0.05) is 17.7 Å². The van der Waals surface area contributed by atoms with Crippen LogP contribution in [-0.4, -0.2) is 53.9 Å². The van der Waals surface area contributed by atoms with Crippen LogP contribution in [0.2, 0.25) is 0 Å². The largest absolute Gasteiger partial charge is 0.416 e. The molecule has 11 heteroatoms. The van der Waals surface area contributed by atoms with Crippen LogP contribution in [0.25, 0.3) is 0 Å². The zero-order valence-electron chi connectivity index (χ0n) is 17.7. The van der Waals surface area contributed by atoms with E-state index in [1.54, 1.807) is 17.0 Å². The van der Waals surface area contributed by atoms with Gasteiger partial charge in [-0.15, -0.1) is 0 Å². The van der Waals surface area contributed by atoms with E-state index in [-0.39, 0.29) is 37.0 Å². The third-order valence-corrected chi connectivity index (χ3v) is 6.01. The van der Waals surface area contributed by atoms with Crippen LogP contribution in [-0.2, 0) is 15.8 Å². The second kappa shape index (κ2) is 8.47. The third-order valence-electron chi connectivity index (χ3n) is 6.01. The predicted octanol–water partition coefficient (Wildman–Crippen LogP) is 3.38. The summed E-state index contributed by atoms with van der Waals surface area (Å²) >= 11 is 0. The van der Waals surface area contributed by atoms with Gasteiger partial charge in [0.2, 0.25) is 5.91 Å². The van der Waals surface area contributed by atoms with Crippen molar-refractivity contribution in [3.63, 3.8) is 0 Å². The van der Waals surface area contributed by atoms with Crippen molar-refractivity contribution in [3.8, 4) is 0 Å². The molecule has 2 aliphatic rings. The molecule has 1 atom stereocenters. The van der Waals surface area contributed by atoms with Gasteiger partial charge >= 0.3 is 6.18 Å². The van der Waals surface area contributed by atoms with Crippen molar-refractivity contribution < 1.29 is 27.7 Å². The van der Waals surface area contributed by atoms with E-state index in [1.165, 1.54) is 4.90 Å². The smallest absolute Gasteiger partial charge is 0.363 e. The number of imide groups is 1. The molecule has 0 unspecified atom stereocenters. The molecule has 8 nitrogen and oxygen atoms in total. The van der Waals surface area contributed by atoms with Crippen molar-refractivity contribution in [2.45, 2.75) is 25.6 Å². The molecule has 174 valence electrons. The molecule has 0 bridgehead atoms. The molecular weight excluding hydrogens is 441 g/mol. The molecule has 4 rings (SSSR count). The molecule has 2 amide bonds. The predicted molar refractivity (Wildman–Crippen MR) is 114 cm³/mol. The van der Waals surface area contributed by atoms with Crippen LogP contribution < -0.4 is 9.80 Å². The number of piperazine rings is 1. The summed E-state index contributed by atoms with van der Waals surface area (Å²) in [6.07, 6.45) is -4.65. The van der Waals surface area contributed by atoms with E-state index in [1.807, 2.05) is 24.0 Å². The number of halogens is 3. The Morgan fingerprint density at radius 1 is 1.00 bits per heavy atom. The second-order valence-electron chi connectivity index (χ2n) is 8.10. The summed E-state index contributed by atoms with van der Waals surface area (Å²) < 4.78 is 38.9. The lowest BCUT2D eigenvalue weighted by atomic mass is 10.1. The number of carbonyl (C=O) groups excluding carboxylic acids is 2. The lowest BCUT2D eigenvalue weighted by Crippen LogP contribution is -2.52. The fourth-order valence-electron chi connectivity index (χ4n) is 4.25.